The van der Waals surface area contributed by atoms with Gasteiger partial charge < -0.3 is 9.42 Å². The maximum atomic E-state index is 13.8. The molecule has 1 saturated heterocycles. The number of carbonyl (C=O) groups is 1. The van der Waals surface area contributed by atoms with Crippen molar-refractivity contribution < 1.29 is 13.7 Å². The van der Waals surface area contributed by atoms with Crippen LogP contribution in [0.2, 0.25) is 0 Å². The minimum Gasteiger partial charge on any atom is -0.346 e. The van der Waals surface area contributed by atoms with Gasteiger partial charge in [-0.15, -0.1) is 0 Å². The van der Waals surface area contributed by atoms with Gasteiger partial charge in [0, 0.05) is 44.1 Å². The number of nitrogens with zero attached hydrogens (tertiary/aromatic N) is 3. The second kappa shape index (κ2) is 10.7. The van der Waals surface area contributed by atoms with Crippen molar-refractivity contribution in [3.05, 3.63) is 71.4 Å². The Morgan fingerprint density at radius 3 is 2.82 bits per heavy atom. The Kier molecular flexibility index (Phi) is 7.47. The Balaban J connectivity index is 1.17. The van der Waals surface area contributed by atoms with Crippen molar-refractivity contribution >= 4 is 5.91 Å². The highest BCUT2D eigenvalue weighted by molar-refractivity contribution is 5.76. The summed E-state index contributed by atoms with van der Waals surface area (Å²) < 4.78 is 19.0. The zero-order chi connectivity index (χ0) is 23.2. The fourth-order valence-corrected chi connectivity index (χ4v) is 4.03. The summed E-state index contributed by atoms with van der Waals surface area (Å²) in [5.74, 6) is 0.433. The van der Waals surface area contributed by atoms with Gasteiger partial charge in [-0.25, -0.2) is 4.39 Å². The van der Waals surface area contributed by atoms with Gasteiger partial charge in [0.05, 0.1) is 0 Å². The second-order valence-electron chi connectivity index (χ2n) is 8.62. The lowest BCUT2D eigenvalue weighted by Crippen LogP contribution is -2.32. The molecule has 2 atom stereocenters. The predicted molar refractivity (Wildman–Crippen MR) is 123 cm³/mol. The van der Waals surface area contributed by atoms with Gasteiger partial charge in [-0.2, -0.15) is 4.98 Å². The SMILES string of the molecule is Cc1ccc(-c2noc(CCC(=O)N(C)CCCC3CC(c4ccccc4)NN3)n2)cc1F. The molecule has 0 radical (unpaired) electrons. The quantitative estimate of drug-likeness (QED) is 0.512. The first-order valence-electron chi connectivity index (χ1n) is 11.4. The number of benzene rings is 2. The number of hydrazine groups is 1. The number of carbonyl (C=O) groups excluding carboxylic acids is 1. The van der Waals surface area contributed by atoms with Crippen molar-refractivity contribution in [1.82, 2.24) is 25.9 Å². The first-order chi connectivity index (χ1) is 16.0. The summed E-state index contributed by atoms with van der Waals surface area (Å²) in [7, 11) is 1.82. The van der Waals surface area contributed by atoms with E-state index in [0.29, 0.717) is 54.3 Å². The van der Waals surface area contributed by atoms with Crippen LogP contribution >= 0.6 is 0 Å². The van der Waals surface area contributed by atoms with E-state index in [1.807, 2.05) is 13.1 Å². The molecule has 0 saturated carbocycles. The van der Waals surface area contributed by atoms with Gasteiger partial charge >= 0.3 is 0 Å². The highest BCUT2D eigenvalue weighted by Crippen LogP contribution is 2.24. The zero-order valence-electron chi connectivity index (χ0n) is 19.1. The second-order valence-corrected chi connectivity index (χ2v) is 8.62. The lowest BCUT2D eigenvalue weighted by atomic mass is 10.00. The van der Waals surface area contributed by atoms with Crippen LogP contribution < -0.4 is 10.9 Å². The summed E-state index contributed by atoms with van der Waals surface area (Å²) in [5, 5.41) is 3.91. The van der Waals surface area contributed by atoms with Crippen LogP contribution in [-0.4, -0.2) is 40.6 Å². The van der Waals surface area contributed by atoms with Gasteiger partial charge in [0.25, 0.3) is 0 Å². The van der Waals surface area contributed by atoms with Crippen molar-refractivity contribution in [2.24, 2.45) is 0 Å². The molecular weight excluding hydrogens is 421 g/mol. The molecular formula is C25H30FN5O2. The lowest BCUT2D eigenvalue weighted by molar-refractivity contribution is -0.130. The molecule has 1 fully saturated rings. The average Bonchev–Trinajstić information content (AvgIpc) is 3.50. The van der Waals surface area contributed by atoms with E-state index < -0.39 is 0 Å². The van der Waals surface area contributed by atoms with Crippen LogP contribution in [0, 0.1) is 12.7 Å². The number of rotatable bonds is 9. The summed E-state index contributed by atoms with van der Waals surface area (Å²) in [6, 6.07) is 16.0. The number of nitrogens with one attached hydrogen (secondary N) is 2. The Morgan fingerprint density at radius 2 is 2.03 bits per heavy atom. The van der Waals surface area contributed by atoms with E-state index in [0.717, 1.165) is 19.3 Å². The molecule has 1 amide bonds. The summed E-state index contributed by atoms with van der Waals surface area (Å²) in [6.07, 6.45) is 3.60. The van der Waals surface area contributed by atoms with Crippen molar-refractivity contribution in [1.29, 1.82) is 0 Å². The Hall–Kier alpha value is -3.10. The molecule has 0 aliphatic carbocycles. The van der Waals surface area contributed by atoms with E-state index in [4.69, 9.17) is 4.52 Å². The van der Waals surface area contributed by atoms with Crippen LogP contribution in [0.4, 0.5) is 4.39 Å². The zero-order valence-corrected chi connectivity index (χ0v) is 19.1. The maximum absolute atomic E-state index is 13.8. The molecule has 2 N–H and O–H groups in total. The highest BCUT2D eigenvalue weighted by Gasteiger charge is 2.24. The van der Waals surface area contributed by atoms with E-state index in [1.54, 1.807) is 24.0 Å². The van der Waals surface area contributed by atoms with Gasteiger partial charge in [0.15, 0.2) is 0 Å². The summed E-state index contributed by atoms with van der Waals surface area (Å²) in [4.78, 5) is 18.6. The average molecular weight is 452 g/mol. The van der Waals surface area contributed by atoms with Gasteiger partial charge in [0.2, 0.25) is 17.6 Å². The molecule has 4 rings (SSSR count). The Morgan fingerprint density at radius 1 is 1.21 bits per heavy atom. The molecule has 1 aliphatic heterocycles. The van der Waals surface area contributed by atoms with Crippen molar-refractivity contribution in [2.75, 3.05) is 13.6 Å². The van der Waals surface area contributed by atoms with Crippen LogP contribution in [0.5, 0.6) is 0 Å². The third-order valence-electron chi connectivity index (χ3n) is 6.11. The molecule has 1 aromatic heterocycles. The summed E-state index contributed by atoms with van der Waals surface area (Å²) in [6.45, 7) is 2.40. The number of hydrogen-bond acceptors (Lipinski definition) is 6. The van der Waals surface area contributed by atoms with E-state index in [1.165, 1.54) is 11.6 Å². The van der Waals surface area contributed by atoms with Gasteiger partial charge in [-0.3, -0.25) is 15.6 Å². The third kappa shape index (κ3) is 6.03. The highest BCUT2D eigenvalue weighted by atomic mass is 19.1. The number of aromatic nitrogens is 2. The fraction of sp³-hybridized carbons (Fsp3) is 0.400. The maximum Gasteiger partial charge on any atom is 0.227 e. The normalized spacial score (nSPS) is 17.9. The first kappa shape index (κ1) is 23.1. The van der Waals surface area contributed by atoms with E-state index in [9.17, 15) is 9.18 Å². The number of hydrogen-bond donors (Lipinski definition) is 2. The molecule has 0 spiro atoms. The summed E-state index contributed by atoms with van der Waals surface area (Å²) >= 11 is 0. The van der Waals surface area contributed by atoms with Gasteiger partial charge in [0.1, 0.15) is 5.82 Å². The standard InChI is InChI=1S/C25H30FN5O2/c1-17-10-11-19(15-21(17)26)25-27-23(33-30-25)12-13-24(32)31(2)14-6-9-20-16-22(29-28-20)18-7-4-3-5-8-18/h3-5,7-8,10-11,15,20,22,28-29H,6,9,12-14,16H2,1-2H3. The van der Waals surface area contributed by atoms with E-state index in [-0.39, 0.29) is 11.7 Å². The van der Waals surface area contributed by atoms with Crippen LogP contribution in [-0.2, 0) is 11.2 Å². The molecule has 2 aromatic carbocycles. The largest absolute Gasteiger partial charge is 0.346 e. The van der Waals surface area contributed by atoms with Crippen LogP contribution in [0.15, 0.2) is 53.1 Å². The molecule has 174 valence electrons. The smallest absolute Gasteiger partial charge is 0.227 e. The third-order valence-corrected chi connectivity index (χ3v) is 6.11. The predicted octanol–water partition coefficient (Wildman–Crippen LogP) is 3.96. The topological polar surface area (TPSA) is 83.3 Å². The molecule has 1 aliphatic rings. The van der Waals surface area contributed by atoms with Crippen LogP contribution in [0.3, 0.4) is 0 Å². The van der Waals surface area contributed by atoms with Crippen molar-refractivity contribution in [3.8, 4) is 11.4 Å². The van der Waals surface area contributed by atoms with Crippen LogP contribution in [0.25, 0.3) is 11.4 Å². The number of aryl methyl sites for hydroxylation is 2. The molecule has 7 nitrogen and oxygen atoms in total. The van der Waals surface area contributed by atoms with E-state index >= 15 is 0 Å². The summed E-state index contributed by atoms with van der Waals surface area (Å²) in [5.41, 5.74) is 9.15. The molecule has 2 unspecified atom stereocenters. The Labute approximate surface area is 193 Å². The monoisotopic (exact) mass is 451 g/mol. The fourth-order valence-electron chi connectivity index (χ4n) is 4.03. The minimum absolute atomic E-state index is 0.0378. The number of amides is 1. The van der Waals surface area contributed by atoms with Gasteiger partial charge in [-0.05, 0) is 43.4 Å². The first-order valence-corrected chi connectivity index (χ1v) is 11.4. The van der Waals surface area contributed by atoms with Crippen LogP contribution in [0.1, 0.15) is 48.7 Å². The van der Waals surface area contributed by atoms with E-state index in [2.05, 4.69) is 45.3 Å². The molecule has 8 heteroatoms. The Bertz CT molecular complexity index is 1070. The number of halogens is 1. The molecule has 33 heavy (non-hydrogen) atoms. The molecule has 0 bridgehead atoms. The molecule has 3 aromatic rings. The van der Waals surface area contributed by atoms with Gasteiger partial charge in [-0.1, -0.05) is 47.6 Å². The minimum atomic E-state index is -0.310. The van der Waals surface area contributed by atoms with Crippen molar-refractivity contribution in [2.45, 2.75) is 51.1 Å². The van der Waals surface area contributed by atoms with Crippen molar-refractivity contribution in [3.63, 3.8) is 0 Å². The lowest BCUT2D eigenvalue weighted by Gasteiger charge is -2.18. The molecule has 2 heterocycles.